The molecule has 1 aromatic carbocycles. The fourth-order valence-corrected chi connectivity index (χ4v) is 2.39. The lowest BCUT2D eigenvalue weighted by Crippen LogP contribution is -2.06. The van der Waals surface area contributed by atoms with Gasteiger partial charge < -0.3 is 5.32 Å². The number of halogens is 5. The van der Waals surface area contributed by atoms with Gasteiger partial charge in [-0.05, 0) is 52.7 Å². The summed E-state index contributed by atoms with van der Waals surface area (Å²) in [4.78, 5) is 4.11. The highest BCUT2D eigenvalue weighted by Gasteiger charge is 2.31. The molecular formula is C13H9BrClF3N2. The fourth-order valence-electron chi connectivity index (χ4n) is 1.59. The molecule has 1 heterocycles. The second-order valence-electron chi connectivity index (χ2n) is 4.19. The number of anilines is 2. The number of hydrogen-bond acceptors (Lipinski definition) is 2. The summed E-state index contributed by atoms with van der Waals surface area (Å²) in [6, 6.07) is 5.08. The van der Waals surface area contributed by atoms with Crippen LogP contribution in [0.2, 0.25) is 5.02 Å². The maximum atomic E-state index is 12.7. The predicted molar refractivity (Wildman–Crippen MR) is 76.4 cm³/mol. The van der Waals surface area contributed by atoms with Gasteiger partial charge in [0.1, 0.15) is 5.82 Å². The number of nitrogens with zero attached hydrogens (tertiary/aromatic N) is 1. The highest BCUT2D eigenvalue weighted by Crippen LogP contribution is 2.34. The highest BCUT2D eigenvalue weighted by atomic mass is 79.9. The monoisotopic (exact) mass is 364 g/mol. The van der Waals surface area contributed by atoms with Gasteiger partial charge >= 0.3 is 6.18 Å². The standard InChI is InChI=1S/C13H9BrClF3N2/c1-7-2-11(14)12(19-6-7)20-10-4-8(13(16,17)18)3-9(15)5-10/h2-6H,1H3,(H,19,20). The van der Waals surface area contributed by atoms with Gasteiger partial charge in [-0.15, -0.1) is 0 Å². The molecular weight excluding hydrogens is 357 g/mol. The Kier molecular flexibility index (Phi) is 4.25. The molecule has 7 heteroatoms. The molecule has 2 rings (SSSR count). The van der Waals surface area contributed by atoms with E-state index in [-0.39, 0.29) is 10.7 Å². The zero-order valence-electron chi connectivity index (χ0n) is 10.2. The molecule has 20 heavy (non-hydrogen) atoms. The number of nitrogens with one attached hydrogen (secondary N) is 1. The van der Waals surface area contributed by atoms with Crippen LogP contribution in [-0.2, 0) is 6.18 Å². The average Bonchev–Trinajstić information content (AvgIpc) is 2.31. The molecule has 0 saturated heterocycles. The third-order valence-corrected chi connectivity index (χ3v) is 3.29. The molecule has 1 aromatic heterocycles. The van der Waals surface area contributed by atoms with E-state index < -0.39 is 11.7 Å². The number of aromatic nitrogens is 1. The minimum absolute atomic E-state index is 0.00515. The Hall–Kier alpha value is -1.27. The van der Waals surface area contributed by atoms with Gasteiger partial charge in [0, 0.05) is 16.9 Å². The Morgan fingerprint density at radius 1 is 1.20 bits per heavy atom. The van der Waals surface area contributed by atoms with Crippen LogP contribution < -0.4 is 5.32 Å². The smallest absolute Gasteiger partial charge is 0.339 e. The Bertz CT molecular complexity index is 644. The van der Waals surface area contributed by atoms with Gasteiger partial charge in [0.05, 0.1) is 10.0 Å². The molecule has 0 spiro atoms. The number of aryl methyl sites for hydroxylation is 1. The maximum Gasteiger partial charge on any atom is 0.416 e. The topological polar surface area (TPSA) is 24.9 Å². The summed E-state index contributed by atoms with van der Waals surface area (Å²) in [7, 11) is 0. The van der Waals surface area contributed by atoms with Gasteiger partial charge in [-0.25, -0.2) is 4.98 Å². The lowest BCUT2D eigenvalue weighted by molar-refractivity contribution is -0.137. The van der Waals surface area contributed by atoms with Crippen molar-refractivity contribution in [3.05, 3.63) is 51.1 Å². The van der Waals surface area contributed by atoms with Crippen molar-refractivity contribution in [3.8, 4) is 0 Å². The Balaban J connectivity index is 2.36. The quantitative estimate of drug-likeness (QED) is 0.753. The number of pyridine rings is 1. The van der Waals surface area contributed by atoms with Gasteiger partial charge in [0.25, 0.3) is 0 Å². The second kappa shape index (κ2) is 5.61. The van der Waals surface area contributed by atoms with Crippen molar-refractivity contribution >= 4 is 39.0 Å². The lowest BCUT2D eigenvalue weighted by atomic mass is 10.2. The molecule has 0 aliphatic carbocycles. The van der Waals surface area contributed by atoms with E-state index in [1.807, 2.05) is 13.0 Å². The summed E-state index contributed by atoms with van der Waals surface area (Å²) in [5.41, 5.74) is 0.349. The first-order chi connectivity index (χ1) is 9.25. The van der Waals surface area contributed by atoms with E-state index in [1.165, 1.54) is 6.07 Å². The van der Waals surface area contributed by atoms with E-state index in [0.29, 0.717) is 10.3 Å². The van der Waals surface area contributed by atoms with Crippen molar-refractivity contribution in [2.75, 3.05) is 5.32 Å². The van der Waals surface area contributed by atoms with Gasteiger partial charge in [-0.1, -0.05) is 11.6 Å². The number of benzene rings is 1. The number of hydrogen-bond donors (Lipinski definition) is 1. The number of alkyl halides is 3. The van der Waals surface area contributed by atoms with Crippen LogP contribution in [0.25, 0.3) is 0 Å². The summed E-state index contributed by atoms with van der Waals surface area (Å²) in [6.45, 7) is 1.86. The van der Waals surface area contributed by atoms with Crippen LogP contribution in [0.3, 0.4) is 0 Å². The first kappa shape index (κ1) is 15.1. The van der Waals surface area contributed by atoms with Crippen LogP contribution in [0.4, 0.5) is 24.7 Å². The molecule has 0 aliphatic heterocycles. The predicted octanol–water partition coefficient (Wildman–Crippen LogP) is 5.57. The minimum atomic E-state index is -4.45. The molecule has 0 atom stereocenters. The van der Waals surface area contributed by atoms with Crippen LogP contribution in [0.1, 0.15) is 11.1 Å². The normalized spacial score (nSPS) is 11.5. The third kappa shape index (κ3) is 3.64. The van der Waals surface area contributed by atoms with Crippen LogP contribution >= 0.6 is 27.5 Å². The van der Waals surface area contributed by atoms with Crippen molar-refractivity contribution in [3.63, 3.8) is 0 Å². The molecule has 0 amide bonds. The molecule has 1 N–H and O–H groups in total. The van der Waals surface area contributed by atoms with E-state index in [1.54, 1.807) is 6.20 Å². The summed E-state index contributed by atoms with van der Waals surface area (Å²) in [6.07, 6.45) is -2.83. The van der Waals surface area contributed by atoms with Crippen molar-refractivity contribution in [1.82, 2.24) is 4.98 Å². The second-order valence-corrected chi connectivity index (χ2v) is 5.49. The van der Waals surface area contributed by atoms with E-state index >= 15 is 0 Å². The Morgan fingerprint density at radius 3 is 2.50 bits per heavy atom. The molecule has 106 valence electrons. The first-order valence-corrected chi connectivity index (χ1v) is 6.70. The van der Waals surface area contributed by atoms with Crippen molar-refractivity contribution < 1.29 is 13.2 Å². The zero-order chi connectivity index (χ0) is 14.9. The van der Waals surface area contributed by atoms with E-state index in [0.717, 1.165) is 17.7 Å². The van der Waals surface area contributed by atoms with Gasteiger partial charge in [-0.3, -0.25) is 0 Å². The van der Waals surface area contributed by atoms with E-state index in [4.69, 9.17) is 11.6 Å². The molecule has 0 unspecified atom stereocenters. The largest absolute Gasteiger partial charge is 0.416 e. The molecule has 0 bridgehead atoms. The van der Waals surface area contributed by atoms with Crippen molar-refractivity contribution in [2.24, 2.45) is 0 Å². The zero-order valence-corrected chi connectivity index (χ0v) is 12.6. The molecule has 2 aromatic rings. The first-order valence-electron chi connectivity index (χ1n) is 5.52. The average molecular weight is 366 g/mol. The fraction of sp³-hybridized carbons (Fsp3) is 0.154. The maximum absolute atomic E-state index is 12.7. The van der Waals surface area contributed by atoms with Gasteiger partial charge in [0.15, 0.2) is 0 Å². The Labute approximate surface area is 127 Å². The van der Waals surface area contributed by atoms with Crippen LogP contribution in [0.15, 0.2) is 34.9 Å². The molecule has 2 nitrogen and oxygen atoms in total. The minimum Gasteiger partial charge on any atom is -0.339 e. The molecule has 0 radical (unpaired) electrons. The van der Waals surface area contributed by atoms with Crippen LogP contribution in [-0.4, -0.2) is 4.98 Å². The van der Waals surface area contributed by atoms with Gasteiger partial charge in [-0.2, -0.15) is 13.2 Å². The number of rotatable bonds is 2. The summed E-state index contributed by atoms with van der Waals surface area (Å²) >= 11 is 9.02. The molecule has 0 fully saturated rings. The van der Waals surface area contributed by atoms with E-state index in [9.17, 15) is 13.2 Å². The van der Waals surface area contributed by atoms with Crippen molar-refractivity contribution in [2.45, 2.75) is 13.1 Å². The summed E-state index contributed by atoms with van der Waals surface area (Å²) in [5.74, 6) is 0.422. The van der Waals surface area contributed by atoms with Crippen molar-refractivity contribution in [1.29, 1.82) is 0 Å². The van der Waals surface area contributed by atoms with Crippen LogP contribution in [0, 0.1) is 6.92 Å². The SMILES string of the molecule is Cc1cnc(Nc2cc(Cl)cc(C(F)(F)F)c2)c(Br)c1. The van der Waals surface area contributed by atoms with Gasteiger partial charge in [0.2, 0.25) is 0 Å². The molecule has 0 aliphatic rings. The Morgan fingerprint density at radius 2 is 1.90 bits per heavy atom. The highest BCUT2D eigenvalue weighted by molar-refractivity contribution is 9.10. The summed E-state index contributed by atoms with van der Waals surface area (Å²) < 4.78 is 38.8. The van der Waals surface area contributed by atoms with E-state index in [2.05, 4.69) is 26.2 Å². The molecule has 0 saturated carbocycles. The summed E-state index contributed by atoms with van der Waals surface area (Å²) in [5, 5.41) is 2.82. The third-order valence-electron chi connectivity index (χ3n) is 2.47. The van der Waals surface area contributed by atoms with Crippen LogP contribution in [0.5, 0.6) is 0 Å². The lowest BCUT2D eigenvalue weighted by Gasteiger charge is -2.12.